The van der Waals surface area contributed by atoms with Crippen molar-refractivity contribution in [1.29, 1.82) is 0 Å². The lowest BCUT2D eigenvalue weighted by Crippen LogP contribution is -2.70. The smallest absolute Gasteiger partial charge is 0.410 e. The van der Waals surface area contributed by atoms with Crippen molar-refractivity contribution in [2.45, 2.75) is 140 Å². The molecule has 0 bridgehead atoms. The van der Waals surface area contributed by atoms with Crippen LogP contribution in [0.25, 0.3) is 0 Å². The van der Waals surface area contributed by atoms with Crippen LogP contribution in [0.5, 0.6) is 17.2 Å². The predicted octanol–water partition coefficient (Wildman–Crippen LogP) is 11.6. The molecule has 3 aromatic rings. The van der Waals surface area contributed by atoms with Crippen LogP contribution >= 0.6 is 0 Å². The average Bonchev–Trinajstić information content (AvgIpc) is 3.39. The SMILES string of the molecule is C=CCOC12Oc3ccc(Oc4cccc([N+](=O)[O-])c4)cc3C3C(CCCCO)C(CCCCO)C=C(C(=NOCc4ccccc4)CC1N(CCOCCO)C(=O)OCCCCCCCCCCCC)C32. The van der Waals surface area contributed by atoms with Crippen molar-refractivity contribution >= 4 is 17.5 Å². The molecular weight excluding hydrogens is 919 g/mol. The number of amides is 1. The van der Waals surface area contributed by atoms with Crippen LogP contribution in [0.2, 0.25) is 0 Å². The van der Waals surface area contributed by atoms with Gasteiger partial charge in [0.1, 0.15) is 29.9 Å². The fourth-order valence-corrected chi connectivity index (χ4v) is 10.8. The number of nitro groups is 1. The normalized spacial score (nSPS) is 21.5. The van der Waals surface area contributed by atoms with Crippen molar-refractivity contribution in [2.24, 2.45) is 22.9 Å². The molecule has 0 saturated heterocycles. The molecule has 1 fully saturated rings. The van der Waals surface area contributed by atoms with Crippen LogP contribution in [-0.2, 0) is 25.7 Å². The number of carbonyl (C=O) groups is 1. The van der Waals surface area contributed by atoms with Crippen LogP contribution in [0.1, 0.15) is 133 Å². The summed E-state index contributed by atoms with van der Waals surface area (Å²) >= 11 is 0. The van der Waals surface area contributed by atoms with E-state index in [2.05, 4.69) is 19.6 Å². The van der Waals surface area contributed by atoms with Gasteiger partial charge in [-0.2, -0.15) is 0 Å². The number of aliphatic hydroxyl groups excluding tert-OH is 3. The molecule has 0 spiro atoms. The average molecular weight is 998 g/mol. The highest BCUT2D eigenvalue weighted by Gasteiger charge is 2.65. The van der Waals surface area contributed by atoms with E-state index in [4.69, 9.17) is 33.7 Å². The zero-order chi connectivity index (χ0) is 51.0. The number of unbranched alkanes of at least 4 members (excludes halogenated alkanes) is 11. The largest absolute Gasteiger partial charge is 0.459 e. The Kier molecular flexibility index (Phi) is 23.3. The second-order valence-corrected chi connectivity index (χ2v) is 19.2. The number of nitrogens with zero attached hydrogens (tertiary/aromatic N) is 3. The summed E-state index contributed by atoms with van der Waals surface area (Å²) in [5.41, 5.74) is 3.16. The monoisotopic (exact) mass is 998 g/mol. The number of hydrogen-bond donors (Lipinski definition) is 3. The molecule has 3 aromatic carbocycles. The Labute approximate surface area is 426 Å². The number of carbonyl (C=O) groups excluding carboxylic acids is 1. The van der Waals surface area contributed by atoms with Crippen LogP contribution in [0.3, 0.4) is 0 Å². The molecule has 0 radical (unpaired) electrons. The van der Waals surface area contributed by atoms with Crippen molar-refractivity contribution in [3.8, 4) is 17.2 Å². The van der Waals surface area contributed by atoms with Gasteiger partial charge in [0.05, 0.1) is 55.7 Å². The number of aliphatic hydroxyl groups is 3. The quantitative estimate of drug-likeness (QED) is 0.0222. The van der Waals surface area contributed by atoms with Crippen molar-refractivity contribution < 1.29 is 53.6 Å². The lowest BCUT2D eigenvalue weighted by Gasteiger charge is -2.59. The Balaban J connectivity index is 1.46. The minimum atomic E-state index is -1.54. The van der Waals surface area contributed by atoms with Crippen LogP contribution in [0.15, 0.2) is 102 Å². The molecular formula is C57H79N3O12. The number of non-ortho nitro benzene ring substituents is 1. The van der Waals surface area contributed by atoms with Gasteiger partial charge in [-0.25, -0.2) is 4.79 Å². The van der Waals surface area contributed by atoms with Gasteiger partial charge < -0.3 is 43.8 Å². The summed E-state index contributed by atoms with van der Waals surface area (Å²) in [6.45, 7) is 6.97. The maximum Gasteiger partial charge on any atom is 0.410 e. The number of rotatable bonds is 34. The molecule has 3 aliphatic rings. The van der Waals surface area contributed by atoms with Crippen molar-refractivity contribution in [3.05, 3.63) is 118 Å². The van der Waals surface area contributed by atoms with Crippen molar-refractivity contribution in [3.63, 3.8) is 0 Å². The minimum Gasteiger partial charge on any atom is -0.459 e. The number of oxime groups is 1. The summed E-state index contributed by atoms with van der Waals surface area (Å²) in [6.07, 6.45) is 19.2. The number of allylic oxidation sites excluding steroid dienone is 1. The Morgan fingerprint density at radius 2 is 1.57 bits per heavy atom. The summed E-state index contributed by atoms with van der Waals surface area (Å²) in [7, 11) is 0. The molecule has 6 rings (SSSR count). The van der Waals surface area contributed by atoms with E-state index in [9.17, 15) is 30.2 Å². The highest BCUT2D eigenvalue weighted by atomic mass is 16.7. The summed E-state index contributed by atoms with van der Waals surface area (Å²) in [6, 6.07) is 20.5. The van der Waals surface area contributed by atoms with E-state index in [1.165, 1.54) is 50.7 Å². The highest BCUT2D eigenvalue weighted by Crippen LogP contribution is 2.62. The van der Waals surface area contributed by atoms with Gasteiger partial charge in [0.15, 0.2) is 0 Å². The predicted molar refractivity (Wildman–Crippen MR) is 277 cm³/mol. The van der Waals surface area contributed by atoms with Gasteiger partial charge in [-0.15, -0.1) is 6.58 Å². The van der Waals surface area contributed by atoms with Gasteiger partial charge in [0.2, 0.25) is 5.79 Å². The summed E-state index contributed by atoms with van der Waals surface area (Å²) in [4.78, 5) is 34.0. The van der Waals surface area contributed by atoms with E-state index in [0.717, 1.165) is 61.6 Å². The first kappa shape index (κ1) is 56.0. The van der Waals surface area contributed by atoms with Crippen molar-refractivity contribution in [2.75, 3.05) is 52.8 Å². The third-order valence-corrected chi connectivity index (χ3v) is 14.2. The van der Waals surface area contributed by atoms with E-state index >= 15 is 0 Å². The number of nitro benzene ring substituents is 1. The number of fused-ring (bicyclic) bond motifs is 2. The maximum atomic E-state index is 14.9. The van der Waals surface area contributed by atoms with Gasteiger partial charge in [-0.1, -0.05) is 131 Å². The van der Waals surface area contributed by atoms with E-state index < -0.39 is 28.8 Å². The molecule has 15 nitrogen and oxygen atoms in total. The molecule has 1 saturated carbocycles. The molecule has 1 amide bonds. The molecule has 72 heavy (non-hydrogen) atoms. The molecule has 0 aromatic heterocycles. The number of ether oxygens (including phenoxy) is 5. The molecule has 2 aliphatic carbocycles. The van der Waals surface area contributed by atoms with E-state index in [1.807, 2.05) is 42.5 Å². The molecule has 394 valence electrons. The zero-order valence-electron chi connectivity index (χ0n) is 42.4. The maximum absolute atomic E-state index is 14.9. The number of hydrogen-bond acceptors (Lipinski definition) is 13. The van der Waals surface area contributed by atoms with Gasteiger partial charge in [-0.05, 0) is 79.3 Å². The molecule has 3 N–H and O–H groups in total. The van der Waals surface area contributed by atoms with Crippen LogP contribution in [-0.4, -0.2) is 102 Å². The summed E-state index contributed by atoms with van der Waals surface area (Å²) in [5, 5.41) is 46.4. The van der Waals surface area contributed by atoms with Crippen LogP contribution in [0, 0.1) is 27.9 Å². The van der Waals surface area contributed by atoms with Gasteiger partial charge in [-0.3, -0.25) is 15.0 Å². The molecule has 1 heterocycles. The second kappa shape index (κ2) is 30.0. The number of benzene rings is 3. The third-order valence-electron chi connectivity index (χ3n) is 14.2. The van der Waals surface area contributed by atoms with Gasteiger partial charge in [0.25, 0.3) is 5.69 Å². The Bertz CT molecular complexity index is 2190. The van der Waals surface area contributed by atoms with Crippen LogP contribution < -0.4 is 9.47 Å². The highest BCUT2D eigenvalue weighted by molar-refractivity contribution is 6.03. The molecule has 1 aliphatic heterocycles. The van der Waals surface area contributed by atoms with Gasteiger partial charge >= 0.3 is 6.09 Å². The minimum absolute atomic E-state index is 0.0132. The van der Waals surface area contributed by atoms with E-state index in [1.54, 1.807) is 29.2 Å². The zero-order valence-corrected chi connectivity index (χ0v) is 42.4. The summed E-state index contributed by atoms with van der Waals surface area (Å²) in [5.74, 6) is -1.28. The second-order valence-electron chi connectivity index (χ2n) is 19.2. The lowest BCUT2D eigenvalue weighted by atomic mass is 9.55. The van der Waals surface area contributed by atoms with E-state index in [-0.39, 0.29) is 89.3 Å². The molecule has 6 unspecified atom stereocenters. The fraction of sp³-hybridized carbons (Fsp3) is 0.579. The standard InChI is InChI=1S/C57H79N3O12/c1-3-5-6-7-8-9-10-11-12-20-35-68-56(64)59(30-36-67-37-33-63)53-41-51(58-70-42-43-22-14-13-15-23-43)49-38-44(24-16-18-31-61)48(27-17-19-32-62)54-50-40-47(71-46-26-21-25-45(39-46)60(65)66)28-29-52(50)72-57(53,55(49)54)69-34-4-2/h4,13-15,21-23,25-26,28-29,38-40,44,48,53-55,61-63H,2-3,5-12,16-20,24,27,30-37,41-42H2,1H3. The Hall–Kier alpha value is -5.32. The van der Waals surface area contributed by atoms with Crippen molar-refractivity contribution in [1.82, 2.24) is 4.90 Å². The Morgan fingerprint density at radius 3 is 2.28 bits per heavy atom. The van der Waals surface area contributed by atoms with Gasteiger partial charge in [0, 0.05) is 43.7 Å². The lowest BCUT2D eigenvalue weighted by molar-refractivity contribution is -0.384. The fourth-order valence-electron chi connectivity index (χ4n) is 10.8. The molecule has 6 atom stereocenters. The summed E-state index contributed by atoms with van der Waals surface area (Å²) < 4.78 is 32.9. The first-order chi connectivity index (χ1) is 35.3. The van der Waals surface area contributed by atoms with E-state index in [0.29, 0.717) is 42.2 Å². The first-order valence-electron chi connectivity index (χ1n) is 26.6. The first-order valence-corrected chi connectivity index (χ1v) is 26.6. The topological polar surface area (TPSA) is 192 Å². The van der Waals surface area contributed by atoms with Crippen LogP contribution in [0.4, 0.5) is 10.5 Å². The third kappa shape index (κ3) is 15.4. The Morgan fingerprint density at radius 1 is 0.847 bits per heavy atom. The molecule has 15 heteroatoms.